The number of aliphatic hydroxyl groups is 11. The average molecular weight is 615 g/mol. The molecule has 2 heterocycles. The number of fused-ring (bicyclic) bond motifs is 1. The molecule has 42 heavy (non-hydrogen) atoms. The van der Waals surface area contributed by atoms with E-state index in [1.807, 2.05) is 0 Å². The number of H-pyrrole nitrogens is 1. The Balaban J connectivity index is 0. The van der Waals surface area contributed by atoms with E-state index in [1.165, 1.54) is 12.7 Å². The molecule has 9 atom stereocenters. The summed E-state index contributed by atoms with van der Waals surface area (Å²) in [7, 11) is 0. The van der Waals surface area contributed by atoms with Crippen LogP contribution >= 0.6 is 0 Å². The molecule has 17 N–H and O–H groups in total. The smallest absolute Gasteiger partial charge is 0.320 e. The lowest BCUT2D eigenvalue weighted by Crippen LogP contribution is -2.46. The molecule has 0 aliphatic carbocycles. The Kier molecular flexibility index (Phi) is 21.2. The number of carboxylic acids is 1. The number of aromatic amines is 1. The molecule has 0 bridgehead atoms. The molecule has 2 aromatic rings. The van der Waals surface area contributed by atoms with Gasteiger partial charge in [-0.3, -0.25) is 4.79 Å². The number of imidazole rings is 1. The zero-order valence-corrected chi connectivity index (χ0v) is 22.8. The second-order valence-corrected chi connectivity index (χ2v) is 8.81. The first kappa shape index (κ1) is 41.1. The lowest BCUT2D eigenvalue weighted by atomic mass is 10.0. The van der Waals surface area contributed by atoms with Crippen LogP contribution in [0.3, 0.4) is 0 Å². The topological polar surface area (TPSA) is 383 Å². The van der Waals surface area contributed by atoms with E-state index in [4.69, 9.17) is 72.7 Å². The van der Waals surface area contributed by atoms with Crippen LogP contribution < -0.4 is 11.5 Å². The van der Waals surface area contributed by atoms with Crippen LogP contribution in [-0.4, -0.2) is 168 Å². The van der Waals surface area contributed by atoms with Crippen LogP contribution in [0.15, 0.2) is 12.7 Å². The summed E-state index contributed by atoms with van der Waals surface area (Å²) in [4.78, 5) is 34.3. The lowest BCUT2D eigenvalue weighted by molar-refractivity contribution is -0.139. The highest BCUT2D eigenvalue weighted by atomic mass is 16.4. The number of hydrogen-bond acceptors (Lipinski definition) is 18. The Bertz CT molecular complexity index is 987. The SMILES string of the molecule is CC(C)C(N)C(=O)O.Nc1ncnc2nc[nH]c12.O=CC(O)C(O)C(O)C(O)CO.OCC(O)C(O)C(O)C(O)CO. The molecular weight excluding hydrogens is 572 g/mol. The van der Waals surface area contributed by atoms with Crippen LogP contribution in [0.1, 0.15) is 13.8 Å². The summed E-state index contributed by atoms with van der Waals surface area (Å²) in [5.41, 5.74) is 11.9. The molecule has 2 aromatic heterocycles. The predicted molar refractivity (Wildman–Crippen MR) is 142 cm³/mol. The summed E-state index contributed by atoms with van der Waals surface area (Å²) >= 11 is 0. The van der Waals surface area contributed by atoms with Crippen LogP contribution in [0.4, 0.5) is 5.82 Å². The number of nitrogens with zero attached hydrogens (tertiary/aromatic N) is 3. The molecule has 244 valence electrons. The van der Waals surface area contributed by atoms with Crippen LogP contribution in [-0.2, 0) is 9.59 Å². The largest absolute Gasteiger partial charge is 0.480 e. The van der Waals surface area contributed by atoms with Crippen molar-refractivity contribution in [3.63, 3.8) is 0 Å². The third-order valence-corrected chi connectivity index (χ3v) is 5.19. The first-order chi connectivity index (χ1) is 19.5. The fourth-order valence-corrected chi connectivity index (χ4v) is 2.36. The van der Waals surface area contributed by atoms with Gasteiger partial charge in [-0.15, -0.1) is 0 Å². The molecule has 9 unspecified atom stereocenters. The van der Waals surface area contributed by atoms with E-state index < -0.39 is 80.7 Å². The fourth-order valence-electron chi connectivity index (χ4n) is 2.36. The van der Waals surface area contributed by atoms with E-state index in [0.717, 1.165) is 0 Å². The highest BCUT2D eigenvalue weighted by Gasteiger charge is 2.30. The molecular formula is C22H42N6O14. The highest BCUT2D eigenvalue weighted by molar-refractivity contribution is 5.80. The van der Waals surface area contributed by atoms with Gasteiger partial charge >= 0.3 is 5.97 Å². The average Bonchev–Trinajstić information content (AvgIpc) is 3.48. The molecule has 0 amide bonds. The Morgan fingerprint density at radius 3 is 1.57 bits per heavy atom. The number of carbonyl (C=O) groups is 2. The van der Waals surface area contributed by atoms with Crippen molar-refractivity contribution in [3.8, 4) is 0 Å². The number of aliphatic carboxylic acids is 1. The summed E-state index contributed by atoms with van der Waals surface area (Å²) in [5, 5.41) is 104. The van der Waals surface area contributed by atoms with Crippen molar-refractivity contribution in [2.45, 2.75) is 68.7 Å². The zero-order chi connectivity index (χ0) is 33.2. The van der Waals surface area contributed by atoms with Gasteiger partial charge in [0.1, 0.15) is 66.7 Å². The molecule has 0 aliphatic rings. The Labute approximate surface area is 239 Å². The van der Waals surface area contributed by atoms with Gasteiger partial charge in [0.15, 0.2) is 17.8 Å². The van der Waals surface area contributed by atoms with E-state index in [1.54, 1.807) is 13.8 Å². The van der Waals surface area contributed by atoms with Gasteiger partial charge in [0, 0.05) is 0 Å². The third-order valence-electron chi connectivity index (χ3n) is 5.19. The Morgan fingerprint density at radius 2 is 1.26 bits per heavy atom. The van der Waals surface area contributed by atoms with E-state index in [0.29, 0.717) is 17.0 Å². The normalized spacial score (nSPS) is 17.3. The lowest BCUT2D eigenvalue weighted by Gasteiger charge is -2.24. The van der Waals surface area contributed by atoms with Gasteiger partial charge in [-0.25, -0.2) is 15.0 Å². The Morgan fingerprint density at radius 1 is 0.833 bits per heavy atom. The van der Waals surface area contributed by atoms with Crippen molar-refractivity contribution in [2.75, 3.05) is 25.6 Å². The number of aldehydes is 1. The molecule has 20 nitrogen and oxygen atoms in total. The van der Waals surface area contributed by atoms with Crippen molar-refractivity contribution in [1.82, 2.24) is 19.9 Å². The second-order valence-electron chi connectivity index (χ2n) is 8.81. The molecule has 0 saturated heterocycles. The van der Waals surface area contributed by atoms with Crippen LogP contribution in [0.25, 0.3) is 11.2 Å². The Hall–Kier alpha value is -2.99. The summed E-state index contributed by atoms with van der Waals surface area (Å²) in [5.74, 6) is -0.477. The molecule has 0 fully saturated rings. The summed E-state index contributed by atoms with van der Waals surface area (Å²) in [6.45, 7) is 1.34. The number of carboxylic acid groups (broad SMARTS) is 1. The quantitative estimate of drug-likeness (QED) is 0.0987. The molecule has 0 saturated carbocycles. The summed E-state index contributed by atoms with van der Waals surface area (Å²) in [6.07, 6.45) is -10.3. The molecule has 0 aliphatic heterocycles. The van der Waals surface area contributed by atoms with Crippen molar-refractivity contribution < 1.29 is 70.9 Å². The maximum atomic E-state index is 10.0. The number of aromatic nitrogens is 4. The van der Waals surface area contributed by atoms with Crippen molar-refractivity contribution in [2.24, 2.45) is 11.7 Å². The van der Waals surface area contributed by atoms with Gasteiger partial charge in [0.25, 0.3) is 0 Å². The fraction of sp³-hybridized carbons (Fsp3) is 0.682. The van der Waals surface area contributed by atoms with Crippen LogP contribution in [0, 0.1) is 5.92 Å². The number of hydrogen-bond donors (Lipinski definition) is 15. The van der Waals surface area contributed by atoms with Gasteiger partial charge < -0.3 is 82.5 Å². The monoisotopic (exact) mass is 614 g/mol. The predicted octanol–water partition coefficient (Wildman–Crippen LogP) is -6.97. The zero-order valence-electron chi connectivity index (χ0n) is 22.8. The maximum absolute atomic E-state index is 10.0. The molecule has 2 rings (SSSR count). The number of carbonyl (C=O) groups excluding carboxylic acids is 1. The van der Waals surface area contributed by atoms with E-state index in [9.17, 15) is 9.59 Å². The van der Waals surface area contributed by atoms with Crippen LogP contribution in [0.5, 0.6) is 0 Å². The first-order valence-corrected chi connectivity index (χ1v) is 12.1. The molecule has 0 radical (unpaired) electrons. The van der Waals surface area contributed by atoms with E-state index in [2.05, 4.69) is 19.9 Å². The van der Waals surface area contributed by atoms with Gasteiger partial charge in [-0.1, -0.05) is 13.8 Å². The van der Waals surface area contributed by atoms with Crippen LogP contribution in [0.2, 0.25) is 0 Å². The van der Waals surface area contributed by atoms with Gasteiger partial charge in [0.2, 0.25) is 0 Å². The van der Waals surface area contributed by atoms with Gasteiger partial charge in [-0.2, -0.15) is 0 Å². The molecule has 0 aromatic carbocycles. The van der Waals surface area contributed by atoms with E-state index in [-0.39, 0.29) is 12.2 Å². The minimum atomic E-state index is -1.79. The second kappa shape index (κ2) is 21.7. The number of nitrogen functional groups attached to an aromatic ring is 1. The minimum absolute atomic E-state index is 0.0208. The molecule has 20 heteroatoms. The van der Waals surface area contributed by atoms with Crippen molar-refractivity contribution in [1.29, 1.82) is 0 Å². The summed E-state index contributed by atoms with van der Waals surface area (Å²) < 4.78 is 0. The maximum Gasteiger partial charge on any atom is 0.320 e. The standard InChI is InChI=1S/C6H14O6.C6H12O6.C5H5N5.C5H11NO2/c2*7-1-3(9)5(11)6(12)4(10)2-8;6-4-3-5(9-1-7-3)10-2-8-4;1-3(2)4(6)5(7)8/h3-12H,1-2H2;1,3-6,8-12H,2H2;1-2H,(H3,6,7,8,9,10);3-4H,6H2,1-2H3,(H,7,8). The highest BCUT2D eigenvalue weighted by Crippen LogP contribution is 2.09. The number of anilines is 1. The van der Waals surface area contributed by atoms with Gasteiger partial charge in [0.05, 0.1) is 26.1 Å². The van der Waals surface area contributed by atoms with Crippen molar-refractivity contribution >= 4 is 29.2 Å². The van der Waals surface area contributed by atoms with Crippen molar-refractivity contribution in [3.05, 3.63) is 12.7 Å². The van der Waals surface area contributed by atoms with Gasteiger partial charge in [-0.05, 0) is 5.92 Å². The number of nitrogens with two attached hydrogens (primary N) is 2. The molecule has 0 spiro atoms. The van der Waals surface area contributed by atoms with E-state index >= 15 is 0 Å². The minimum Gasteiger partial charge on any atom is -0.480 e. The third kappa shape index (κ3) is 14.8. The number of aliphatic hydroxyl groups excluding tert-OH is 11. The number of rotatable bonds is 12. The summed E-state index contributed by atoms with van der Waals surface area (Å²) in [6, 6.07) is -0.713. The first-order valence-electron chi connectivity index (χ1n) is 12.1. The number of nitrogens with one attached hydrogen (secondary N) is 1.